The summed E-state index contributed by atoms with van der Waals surface area (Å²) < 4.78 is 150. The average Bonchev–Trinajstić information content (AvgIpc) is 3.62. The lowest BCUT2D eigenvalue weighted by molar-refractivity contribution is -0.140. The van der Waals surface area contributed by atoms with E-state index in [0.717, 1.165) is 43.3 Å². The van der Waals surface area contributed by atoms with E-state index in [1.165, 1.54) is 46.6 Å². The van der Waals surface area contributed by atoms with Crippen LogP contribution in [0.15, 0.2) is 52.4 Å². The van der Waals surface area contributed by atoms with E-state index in [2.05, 4.69) is 44.8 Å². The van der Waals surface area contributed by atoms with Crippen LogP contribution in [-0.2, 0) is 47.5 Å². The van der Waals surface area contributed by atoms with Crippen molar-refractivity contribution in [3.8, 4) is 29.4 Å². The zero-order valence-corrected chi connectivity index (χ0v) is 35.4. The zero-order chi connectivity index (χ0) is 46.2. The maximum absolute atomic E-state index is 13.3. The maximum Gasteiger partial charge on any atom is 0.418 e. The van der Waals surface area contributed by atoms with Gasteiger partial charge in [0.15, 0.2) is 4.90 Å². The molecule has 1 aromatic carbocycles. The third-order valence-corrected chi connectivity index (χ3v) is 10.8. The van der Waals surface area contributed by atoms with E-state index in [0.29, 0.717) is 6.07 Å². The Labute approximate surface area is 349 Å². The highest BCUT2D eigenvalue weighted by Crippen LogP contribution is 2.38. The molecule has 25 nitrogen and oxygen atoms in total. The summed E-state index contributed by atoms with van der Waals surface area (Å²) in [5, 5.41) is 5.97. The second kappa shape index (κ2) is 19.2. The minimum Gasteiger partial charge on any atom is -0.481 e. The van der Waals surface area contributed by atoms with Crippen molar-refractivity contribution in [2.24, 2.45) is 0 Å². The van der Waals surface area contributed by atoms with Crippen LogP contribution in [0.3, 0.4) is 0 Å². The summed E-state index contributed by atoms with van der Waals surface area (Å²) in [4.78, 5) is 41.6. The van der Waals surface area contributed by atoms with E-state index in [1.54, 1.807) is 4.72 Å². The Morgan fingerprint density at radius 2 is 1.39 bits per heavy atom. The topological polar surface area (TPSA) is 322 Å². The number of fused-ring (bicyclic) bond motifs is 1. The Morgan fingerprint density at radius 1 is 0.758 bits per heavy atom. The number of carbonyl (C=O) groups excluding carboxylic acids is 2. The first kappa shape index (κ1) is 47.8. The number of pyridine rings is 1. The van der Waals surface area contributed by atoms with Gasteiger partial charge in [-0.1, -0.05) is 6.07 Å². The fourth-order valence-electron chi connectivity index (χ4n) is 4.71. The van der Waals surface area contributed by atoms with Crippen LogP contribution in [0, 0.1) is 0 Å². The molecule has 62 heavy (non-hydrogen) atoms. The van der Waals surface area contributed by atoms with Crippen LogP contribution >= 0.6 is 0 Å². The predicted molar refractivity (Wildman–Crippen MR) is 204 cm³/mol. The summed E-state index contributed by atoms with van der Waals surface area (Å²) in [6.45, 7) is -0.257. The molecule has 4 aromatic heterocycles. The normalized spacial score (nSPS) is 11.7. The summed E-state index contributed by atoms with van der Waals surface area (Å²) in [5.74, 6) is -2.44. The van der Waals surface area contributed by atoms with Gasteiger partial charge in [0.1, 0.15) is 4.90 Å². The molecule has 5 aromatic rings. The number of rotatable bonds is 15. The van der Waals surface area contributed by atoms with Gasteiger partial charge in [0.05, 0.1) is 72.2 Å². The minimum atomic E-state index is -4.98. The number of alkyl halides is 3. The summed E-state index contributed by atoms with van der Waals surface area (Å²) in [6, 6.07) is 5.45. The van der Waals surface area contributed by atoms with E-state index < -0.39 is 75.4 Å². The summed E-state index contributed by atoms with van der Waals surface area (Å²) in [7, 11) is -5.73. The standard InChI is InChI=1S/C17H21N5O9S2.C14H13F3N6O5S/c1-29-13-8-14(30-2)20-16(19-13)21-17(24)22-33(27,28)12-7-10(9-18-32(4,25)26)5-6-11(12)15(23)31-3;1-26-8-6-9(27-2)23-13(19-8)20-12(21-23)22-29(24,25)10-7(14(15,16)17)4-5-18-11(10)28-3/h5-8,18H,9H2,1-4H3,(H2,19,20,21,22,24);4-6H,1-3H3,(H,21,22). The van der Waals surface area contributed by atoms with Gasteiger partial charge in [0.25, 0.3) is 31.8 Å². The van der Waals surface area contributed by atoms with Gasteiger partial charge in [-0.05, 0) is 23.8 Å². The molecule has 0 saturated heterocycles. The lowest BCUT2D eigenvalue weighted by Crippen LogP contribution is -2.35. The van der Waals surface area contributed by atoms with Crippen molar-refractivity contribution in [2.75, 3.05) is 59.0 Å². The molecule has 0 saturated carbocycles. The minimum absolute atomic E-state index is 0.0408. The zero-order valence-electron chi connectivity index (χ0n) is 33.0. The molecule has 0 spiro atoms. The van der Waals surface area contributed by atoms with Crippen molar-refractivity contribution in [2.45, 2.75) is 22.5 Å². The van der Waals surface area contributed by atoms with E-state index >= 15 is 0 Å². The summed E-state index contributed by atoms with van der Waals surface area (Å²) >= 11 is 0. The molecule has 5 rings (SSSR count). The summed E-state index contributed by atoms with van der Waals surface area (Å²) in [6.07, 6.45) is -3.27. The highest BCUT2D eigenvalue weighted by atomic mass is 32.2. The van der Waals surface area contributed by atoms with Gasteiger partial charge in [-0.2, -0.15) is 37.6 Å². The molecule has 4 heterocycles. The Bertz CT molecular complexity index is 2790. The Hall–Kier alpha value is -6.86. The fourth-order valence-corrected chi connectivity index (χ4v) is 7.56. The van der Waals surface area contributed by atoms with Gasteiger partial charge in [0, 0.05) is 12.7 Å². The van der Waals surface area contributed by atoms with Crippen molar-refractivity contribution < 1.29 is 76.4 Å². The lowest BCUT2D eigenvalue weighted by atomic mass is 10.1. The van der Waals surface area contributed by atoms with Crippen LogP contribution in [0.25, 0.3) is 5.78 Å². The van der Waals surface area contributed by atoms with Gasteiger partial charge in [0.2, 0.25) is 45.4 Å². The molecule has 0 aliphatic carbocycles. The lowest BCUT2D eigenvalue weighted by Gasteiger charge is -2.15. The highest BCUT2D eigenvalue weighted by Gasteiger charge is 2.40. The molecule has 31 heteroatoms. The van der Waals surface area contributed by atoms with Gasteiger partial charge < -0.3 is 28.4 Å². The first-order chi connectivity index (χ1) is 29.0. The van der Waals surface area contributed by atoms with Crippen LogP contribution < -0.4 is 43.2 Å². The van der Waals surface area contributed by atoms with E-state index in [-0.39, 0.29) is 52.9 Å². The number of esters is 1. The van der Waals surface area contributed by atoms with Crippen molar-refractivity contribution >= 4 is 59.7 Å². The van der Waals surface area contributed by atoms with Gasteiger partial charge in [-0.25, -0.2) is 54.0 Å². The number of aromatic nitrogens is 7. The number of nitrogens with one attached hydrogen (secondary N) is 4. The Balaban J connectivity index is 0.000000275. The average molecular weight is 938 g/mol. The Kier molecular flexibility index (Phi) is 14.8. The number of hydrogen-bond acceptors (Lipinski definition) is 20. The first-order valence-electron chi connectivity index (χ1n) is 16.4. The molecule has 0 aliphatic rings. The van der Waals surface area contributed by atoms with Crippen LogP contribution in [-0.4, -0.2) is 121 Å². The number of sulfonamides is 3. The third-order valence-electron chi connectivity index (χ3n) is 7.37. The number of halogens is 3. The summed E-state index contributed by atoms with van der Waals surface area (Å²) in [5.41, 5.74) is -1.63. The van der Waals surface area contributed by atoms with Crippen LogP contribution in [0.5, 0.6) is 29.4 Å². The number of benzene rings is 1. The smallest absolute Gasteiger partial charge is 0.418 e. The molecule has 0 fully saturated rings. The molecule has 336 valence electrons. The monoisotopic (exact) mass is 937 g/mol. The van der Waals surface area contributed by atoms with E-state index in [9.17, 15) is 48.0 Å². The number of amides is 2. The molecule has 0 atom stereocenters. The molecule has 0 radical (unpaired) electrons. The largest absolute Gasteiger partial charge is 0.481 e. The molecule has 0 unspecified atom stereocenters. The second-order valence-corrected chi connectivity index (χ2v) is 16.6. The number of ether oxygens (including phenoxy) is 6. The number of anilines is 2. The maximum atomic E-state index is 13.3. The molecular formula is C31H34F3N11O14S3. The number of carbonyl (C=O) groups is 2. The number of methoxy groups -OCH3 is 6. The van der Waals surface area contributed by atoms with Gasteiger partial charge in [-0.15, -0.1) is 5.10 Å². The van der Waals surface area contributed by atoms with Crippen molar-refractivity contribution in [3.63, 3.8) is 0 Å². The Morgan fingerprint density at radius 3 is 1.94 bits per heavy atom. The van der Waals surface area contributed by atoms with Gasteiger partial charge >= 0.3 is 18.2 Å². The van der Waals surface area contributed by atoms with Crippen molar-refractivity contribution in [1.29, 1.82) is 0 Å². The van der Waals surface area contributed by atoms with Crippen LogP contribution in [0.4, 0.5) is 29.9 Å². The van der Waals surface area contributed by atoms with Crippen LogP contribution in [0.1, 0.15) is 21.5 Å². The molecule has 0 aliphatic heterocycles. The number of nitrogens with zero attached hydrogens (tertiary/aromatic N) is 7. The second-order valence-electron chi connectivity index (χ2n) is 11.5. The van der Waals surface area contributed by atoms with Gasteiger partial charge in [-0.3, -0.25) is 5.32 Å². The number of urea groups is 1. The quantitative estimate of drug-likeness (QED) is 0.107. The first-order valence-corrected chi connectivity index (χ1v) is 21.3. The van der Waals surface area contributed by atoms with Crippen molar-refractivity contribution in [3.05, 3.63) is 59.3 Å². The predicted octanol–water partition coefficient (Wildman–Crippen LogP) is 1.20. The van der Waals surface area contributed by atoms with E-state index in [1.807, 2.05) is 4.72 Å². The highest BCUT2D eigenvalue weighted by molar-refractivity contribution is 7.93. The molecule has 4 N–H and O–H groups in total. The molecular weight excluding hydrogens is 904 g/mol. The third kappa shape index (κ3) is 11.9. The SMILES string of the molecule is COC(=O)c1ccc(CNS(C)(=O)=O)cc1S(=O)(=O)NC(=O)Nc1nc(OC)cc(OC)n1.COc1cc(OC)n2nc(NS(=O)(=O)c3c(C(F)(F)F)ccnc3OC)nc2n1. The van der Waals surface area contributed by atoms with Crippen LogP contribution in [0.2, 0.25) is 0 Å². The van der Waals surface area contributed by atoms with E-state index in [4.69, 9.17) is 23.7 Å². The number of hydrogen-bond donors (Lipinski definition) is 4. The van der Waals surface area contributed by atoms with Crippen molar-refractivity contribution in [1.82, 2.24) is 44.0 Å². The fraction of sp³-hybridized carbons (Fsp3) is 0.290. The molecule has 2 amide bonds. The molecule has 0 bridgehead atoms.